The maximum atomic E-state index is 13.1. The topological polar surface area (TPSA) is 83.5 Å². The fourth-order valence-electron chi connectivity index (χ4n) is 1.70. The van der Waals surface area contributed by atoms with Gasteiger partial charge in [-0.1, -0.05) is 37.0 Å². The molecule has 0 unspecified atom stereocenters. The van der Waals surface area contributed by atoms with Crippen molar-refractivity contribution >= 4 is 39.2 Å². The van der Waals surface area contributed by atoms with Crippen LogP contribution < -0.4 is 4.72 Å². The lowest BCUT2D eigenvalue weighted by molar-refractivity contribution is -0.139. The number of hydrogen-bond acceptors (Lipinski definition) is 3. The molecule has 21 heavy (non-hydrogen) atoms. The smallest absolute Gasteiger partial charge is 0.321 e. The molecule has 1 atom stereocenters. The number of benzene rings is 1. The summed E-state index contributed by atoms with van der Waals surface area (Å²) >= 11 is 11.4. The van der Waals surface area contributed by atoms with Crippen LogP contribution in [0.1, 0.15) is 20.3 Å². The molecule has 0 heterocycles. The third-order valence-electron chi connectivity index (χ3n) is 2.53. The molecule has 0 fully saturated rings. The van der Waals surface area contributed by atoms with Crippen molar-refractivity contribution < 1.29 is 22.7 Å². The molecule has 0 aromatic heterocycles. The number of sulfonamides is 1. The minimum absolute atomic E-state index is 0.0482. The van der Waals surface area contributed by atoms with E-state index in [1.807, 2.05) is 4.72 Å². The van der Waals surface area contributed by atoms with Gasteiger partial charge in [-0.2, -0.15) is 4.72 Å². The molecule has 0 saturated carbocycles. The number of carboxylic acid groups (broad SMARTS) is 1. The molecule has 0 radical (unpaired) electrons. The zero-order chi connectivity index (χ0) is 16.4. The van der Waals surface area contributed by atoms with E-state index in [9.17, 15) is 17.6 Å². The first-order chi connectivity index (χ1) is 9.54. The lowest BCUT2D eigenvalue weighted by Gasteiger charge is -2.17. The second-order valence-corrected chi connectivity index (χ2v) is 7.31. The van der Waals surface area contributed by atoms with E-state index < -0.39 is 42.8 Å². The van der Waals surface area contributed by atoms with E-state index in [-0.39, 0.29) is 12.3 Å². The Hall–Kier alpha value is -0.890. The Labute approximate surface area is 132 Å². The first kappa shape index (κ1) is 18.2. The van der Waals surface area contributed by atoms with Gasteiger partial charge in [-0.3, -0.25) is 4.79 Å². The van der Waals surface area contributed by atoms with Gasteiger partial charge in [0.05, 0.1) is 10.0 Å². The highest BCUT2D eigenvalue weighted by atomic mass is 35.5. The van der Waals surface area contributed by atoms with Crippen molar-refractivity contribution in [2.24, 2.45) is 5.92 Å². The van der Waals surface area contributed by atoms with Gasteiger partial charge in [0.2, 0.25) is 10.0 Å². The molecule has 0 saturated heterocycles. The molecule has 1 aromatic rings. The summed E-state index contributed by atoms with van der Waals surface area (Å²) in [5, 5.41) is 8.23. The molecule has 9 heteroatoms. The Bertz CT molecular complexity index is 626. The van der Waals surface area contributed by atoms with Crippen molar-refractivity contribution in [3.05, 3.63) is 28.0 Å². The molecule has 1 aromatic carbocycles. The molecule has 0 spiro atoms. The van der Waals surface area contributed by atoms with Gasteiger partial charge < -0.3 is 5.11 Å². The van der Waals surface area contributed by atoms with Crippen molar-refractivity contribution in [2.45, 2.75) is 31.2 Å². The van der Waals surface area contributed by atoms with Gasteiger partial charge in [0.1, 0.15) is 16.8 Å². The van der Waals surface area contributed by atoms with Crippen molar-refractivity contribution in [2.75, 3.05) is 0 Å². The Balaban J connectivity index is 3.20. The third kappa shape index (κ3) is 4.81. The van der Waals surface area contributed by atoms with Crippen molar-refractivity contribution in [3.63, 3.8) is 0 Å². The summed E-state index contributed by atoms with van der Waals surface area (Å²) in [5.41, 5.74) is 0. The second-order valence-electron chi connectivity index (χ2n) is 4.84. The minimum atomic E-state index is -4.29. The molecule has 0 amide bonds. The molecule has 0 aliphatic rings. The van der Waals surface area contributed by atoms with Crippen LogP contribution in [0, 0.1) is 11.7 Å². The fraction of sp³-hybridized carbons (Fsp3) is 0.417. The van der Waals surface area contributed by atoms with Gasteiger partial charge >= 0.3 is 5.97 Å². The summed E-state index contributed by atoms with van der Waals surface area (Å²) in [5.74, 6) is -2.16. The lowest BCUT2D eigenvalue weighted by Crippen LogP contribution is -2.41. The summed E-state index contributed by atoms with van der Waals surface area (Å²) in [7, 11) is -4.29. The Kier molecular flexibility index (Phi) is 5.98. The van der Waals surface area contributed by atoms with Crippen LogP contribution in [0.4, 0.5) is 4.39 Å². The fourth-order valence-corrected chi connectivity index (χ4v) is 4.09. The first-order valence-corrected chi connectivity index (χ1v) is 8.18. The van der Waals surface area contributed by atoms with Crippen molar-refractivity contribution in [3.8, 4) is 0 Å². The summed E-state index contributed by atoms with van der Waals surface area (Å²) in [6, 6.07) is 0.257. The first-order valence-electron chi connectivity index (χ1n) is 5.94. The average molecular weight is 358 g/mol. The molecular formula is C12H14Cl2FNO4S. The Morgan fingerprint density at radius 2 is 1.81 bits per heavy atom. The van der Waals surface area contributed by atoms with Gasteiger partial charge in [0.25, 0.3) is 0 Å². The van der Waals surface area contributed by atoms with Gasteiger partial charge in [0.15, 0.2) is 0 Å². The van der Waals surface area contributed by atoms with Crippen LogP contribution in [0.25, 0.3) is 0 Å². The number of nitrogens with one attached hydrogen (secondary N) is 1. The predicted octanol–water partition coefficient (Wildman–Crippen LogP) is 2.91. The SMILES string of the molecule is CC(C)C[C@@H](NS(=O)(=O)c1c(Cl)cc(F)cc1Cl)C(=O)O. The number of aliphatic carboxylic acids is 1. The number of halogens is 3. The molecule has 1 rings (SSSR count). The maximum Gasteiger partial charge on any atom is 0.321 e. The highest BCUT2D eigenvalue weighted by Gasteiger charge is 2.29. The molecule has 5 nitrogen and oxygen atoms in total. The Morgan fingerprint density at radius 3 is 2.19 bits per heavy atom. The minimum Gasteiger partial charge on any atom is -0.480 e. The van der Waals surface area contributed by atoms with E-state index in [0.717, 1.165) is 12.1 Å². The molecular weight excluding hydrogens is 344 g/mol. The Morgan fingerprint density at radius 1 is 1.33 bits per heavy atom. The third-order valence-corrected chi connectivity index (χ3v) is 4.93. The van der Waals surface area contributed by atoms with Crippen molar-refractivity contribution in [1.29, 1.82) is 0 Å². The quantitative estimate of drug-likeness (QED) is 0.819. The predicted molar refractivity (Wildman–Crippen MR) is 77.6 cm³/mol. The van der Waals surface area contributed by atoms with Crippen LogP contribution in [0.2, 0.25) is 10.0 Å². The van der Waals surface area contributed by atoms with Gasteiger partial charge in [-0.15, -0.1) is 0 Å². The standard InChI is InChI=1S/C12H14Cl2FNO4S/c1-6(2)3-10(12(17)18)16-21(19,20)11-8(13)4-7(15)5-9(11)14/h4-6,10,16H,3H2,1-2H3,(H,17,18)/t10-/m1/s1. The summed E-state index contributed by atoms with van der Waals surface area (Å²) in [6.07, 6.45) is 0.0883. The molecule has 0 bridgehead atoms. The number of hydrogen-bond donors (Lipinski definition) is 2. The van der Waals surface area contributed by atoms with E-state index in [1.165, 1.54) is 0 Å². The number of rotatable bonds is 6. The van der Waals surface area contributed by atoms with E-state index in [2.05, 4.69) is 0 Å². The van der Waals surface area contributed by atoms with E-state index in [4.69, 9.17) is 28.3 Å². The molecule has 118 valence electrons. The zero-order valence-electron chi connectivity index (χ0n) is 11.2. The summed E-state index contributed by atoms with van der Waals surface area (Å²) in [6.45, 7) is 3.50. The van der Waals surface area contributed by atoms with Gasteiger partial charge in [-0.05, 0) is 24.5 Å². The lowest BCUT2D eigenvalue weighted by atomic mass is 10.1. The normalized spacial score (nSPS) is 13.4. The highest BCUT2D eigenvalue weighted by Crippen LogP contribution is 2.30. The monoisotopic (exact) mass is 357 g/mol. The van der Waals surface area contributed by atoms with E-state index in [1.54, 1.807) is 13.8 Å². The van der Waals surface area contributed by atoms with Crippen LogP contribution in [-0.2, 0) is 14.8 Å². The zero-order valence-corrected chi connectivity index (χ0v) is 13.6. The summed E-state index contributed by atoms with van der Waals surface area (Å²) < 4.78 is 39.5. The summed E-state index contributed by atoms with van der Waals surface area (Å²) in [4.78, 5) is 10.6. The number of carbonyl (C=O) groups is 1. The molecule has 0 aliphatic heterocycles. The van der Waals surface area contributed by atoms with Gasteiger partial charge in [0, 0.05) is 0 Å². The molecule has 2 N–H and O–H groups in total. The van der Waals surface area contributed by atoms with Crippen LogP contribution in [0.5, 0.6) is 0 Å². The van der Waals surface area contributed by atoms with Crippen LogP contribution in [-0.4, -0.2) is 25.5 Å². The van der Waals surface area contributed by atoms with Gasteiger partial charge in [-0.25, -0.2) is 12.8 Å². The number of carboxylic acids is 1. The molecule has 0 aliphatic carbocycles. The largest absolute Gasteiger partial charge is 0.480 e. The maximum absolute atomic E-state index is 13.1. The highest BCUT2D eigenvalue weighted by molar-refractivity contribution is 7.89. The van der Waals surface area contributed by atoms with Crippen molar-refractivity contribution in [1.82, 2.24) is 4.72 Å². The van der Waals surface area contributed by atoms with Crippen LogP contribution in [0.15, 0.2) is 17.0 Å². The second kappa shape index (κ2) is 6.91. The van der Waals surface area contributed by atoms with Crippen LogP contribution in [0.3, 0.4) is 0 Å². The van der Waals surface area contributed by atoms with E-state index >= 15 is 0 Å². The van der Waals surface area contributed by atoms with Crippen LogP contribution >= 0.6 is 23.2 Å². The average Bonchev–Trinajstić information content (AvgIpc) is 2.24. The van der Waals surface area contributed by atoms with E-state index in [0.29, 0.717) is 0 Å².